The van der Waals surface area contributed by atoms with Crippen LogP contribution in [0.25, 0.3) is 11.4 Å². The van der Waals surface area contributed by atoms with Crippen LogP contribution in [0.5, 0.6) is 0 Å². The van der Waals surface area contributed by atoms with Gasteiger partial charge in [-0.2, -0.15) is 0 Å². The van der Waals surface area contributed by atoms with Gasteiger partial charge in [-0.05, 0) is 57.9 Å². The molecule has 0 saturated heterocycles. The molecule has 0 aliphatic heterocycles. The van der Waals surface area contributed by atoms with Crippen LogP contribution in [0.15, 0.2) is 42.5 Å². The van der Waals surface area contributed by atoms with Crippen molar-refractivity contribution >= 4 is 11.9 Å². The number of benzene rings is 2. The van der Waals surface area contributed by atoms with Crippen LogP contribution in [0.2, 0.25) is 0 Å². The molecule has 0 aliphatic rings. The summed E-state index contributed by atoms with van der Waals surface area (Å²) in [6.07, 6.45) is 0.308. The molecule has 0 unspecified atom stereocenters. The first kappa shape index (κ1) is 25.9. The van der Waals surface area contributed by atoms with Crippen LogP contribution in [0, 0.1) is 18.6 Å². The van der Waals surface area contributed by atoms with Gasteiger partial charge in [0.1, 0.15) is 22.8 Å². The molecule has 6 nitrogen and oxygen atoms in total. The van der Waals surface area contributed by atoms with E-state index in [4.69, 9.17) is 9.47 Å². The van der Waals surface area contributed by atoms with Crippen LogP contribution in [-0.2, 0) is 27.1 Å². The molecule has 0 aliphatic carbocycles. The molecule has 0 spiro atoms. The van der Waals surface area contributed by atoms with E-state index in [1.54, 1.807) is 58.9 Å². The topological polar surface area (TPSA) is 78.4 Å². The Morgan fingerprint density at radius 3 is 2.11 bits per heavy atom. The smallest absolute Gasteiger partial charge is 0.341 e. The van der Waals surface area contributed by atoms with Gasteiger partial charge in [0, 0.05) is 6.42 Å². The van der Waals surface area contributed by atoms with Gasteiger partial charge in [0.2, 0.25) is 0 Å². The summed E-state index contributed by atoms with van der Waals surface area (Å²) in [5.74, 6) is -2.70. The van der Waals surface area contributed by atoms with Gasteiger partial charge in [0.05, 0.1) is 30.0 Å². The fourth-order valence-corrected chi connectivity index (χ4v) is 3.56. The molecule has 184 valence electrons. The molecule has 3 rings (SSSR count). The minimum absolute atomic E-state index is 0.120. The molecule has 0 saturated carbocycles. The van der Waals surface area contributed by atoms with E-state index in [-0.39, 0.29) is 53.8 Å². The maximum atomic E-state index is 14.4. The molecule has 8 heteroatoms. The second-order valence-corrected chi connectivity index (χ2v) is 9.03. The van der Waals surface area contributed by atoms with Crippen LogP contribution < -0.4 is 0 Å². The number of hydrogen-bond donors (Lipinski definition) is 0. The van der Waals surface area contributed by atoms with E-state index in [0.717, 1.165) is 23.3 Å². The maximum Gasteiger partial charge on any atom is 0.341 e. The molecule has 0 atom stereocenters. The quantitative estimate of drug-likeness (QED) is 0.421. The highest BCUT2D eigenvalue weighted by atomic mass is 19.1. The summed E-state index contributed by atoms with van der Waals surface area (Å²) in [6, 6.07) is 10.7. The number of aromatic nitrogens is 2. The highest BCUT2D eigenvalue weighted by molar-refractivity contribution is 5.92. The SMILES string of the molecule is CCOC(=O)c1c(C)nc(-c2c(F)cccc2F)nc1Cc1ccc(CC(=O)OC(C)(C)C)cc1. The van der Waals surface area contributed by atoms with E-state index in [0.29, 0.717) is 0 Å². The molecule has 3 aromatic rings. The molecule has 1 heterocycles. The van der Waals surface area contributed by atoms with Crippen LogP contribution in [0.3, 0.4) is 0 Å². The molecule has 0 radical (unpaired) electrons. The molecule has 0 amide bonds. The zero-order valence-electron chi connectivity index (χ0n) is 20.4. The fraction of sp³-hybridized carbons (Fsp3) is 0.333. The predicted octanol–water partition coefficient (Wildman–Crippen LogP) is 5.38. The zero-order valence-corrected chi connectivity index (χ0v) is 20.4. The number of aryl methyl sites for hydroxylation is 1. The summed E-state index contributed by atoms with van der Waals surface area (Å²) in [5, 5.41) is 0. The van der Waals surface area contributed by atoms with Crippen LogP contribution in [0.4, 0.5) is 8.78 Å². The molecule has 1 aromatic heterocycles. The summed E-state index contributed by atoms with van der Waals surface area (Å²) in [4.78, 5) is 33.3. The van der Waals surface area contributed by atoms with Crippen molar-refractivity contribution in [2.24, 2.45) is 0 Å². The molecular formula is C27H28F2N2O4. The Labute approximate surface area is 203 Å². The summed E-state index contributed by atoms with van der Waals surface area (Å²) < 4.78 is 39.3. The molecular weight excluding hydrogens is 454 g/mol. The van der Waals surface area contributed by atoms with Crippen molar-refractivity contribution in [3.8, 4) is 11.4 Å². The Balaban J connectivity index is 1.95. The van der Waals surface area contributed by atoms with Gasteiger partial charge in [-0.3, -0.25) is 4.79 Å². The van der Waals surface area contributed by atoms with Crippen molar-refractivity contribution in [2.75, 3.05) is 6.61 Å². The predicted molar refractivity (Wildman–Crippen MR) is 127 cm³/mol. The maximum absolute atomic E-state index is 14.4. The van der Waals surface area contributed by atoms with E-state index in [9.17, 15) is 18.4 Å². The largest absolute Gasteiger partial charge is 0.462 e. The van der Waals surface area contributed by atoms with Crippen molar-refractivity contribution < 1.29 is 27.8 Å². The average Bonchev–Trinajstić information content (AvgIpc) is 2.73. The number of carbonyl (C=O) groups excluding carboxylic acids is 2. The zero-order chi connectivity index (χ0) is 25.8. The summed E-state index contributed by atoms with van der Waals surface area (Å²) >= 11 is 0. The van der Waals surface area contributed by atoms with Crippen molar-refractivity contribution in [2.45, 2.75) is 53.1 Å². The van der Waals surface area contributed by atoms with Gasteiger partial charge in [-0.15, -0.1) is 0 Å². The van der Waals surface area contributed by atoms with E-state index in [1.165, 1.54) is 6.07 Å². The van der Waals surface area contributed by atoms with Crippen molar-refractivity contribution in [3.05, 3.63) is 82.2 Å². The third-order valence-corrected chi connectivity index (χ3v) is 4.99. The third-order valence-electron chi connectivity index (χ3n) is 4.99. The molecule has 0 bridgehead atoms. The minimum Gasteiger partial charge on any atom is -0.462 e. The number of esters is 2. The Kier molecular flexibility index (Phi) is 7.94. The van der Waals surface area contributed by atoms with Crippen LogP contribution in [0.1, 0.15) is 60.6 Å². The molecule has 2 aromatic carbocycles. The molecule has 0 fully saturated rings. The first-order valence-corrected chi connectivity index (χ1v) is 11.3. The third kappa shape index (κ3) is 6.68. The lowest BCUT2D eigenvalue weighted by Crippen LogP contribution is -2.24. The lowest BCUT2D eigenvalue weighted by molar-refractivity contribution is -0.153. The number of ether oxygens (including phenoxy) is 2. The van der Waals surface area contributed by atoms with Crippen molar-refractivity contribution in [1.29, 1.82) is 0 Å². The van der Waals surface area contributed by atoms with Crippen molar-refractivity contribution in [1.82, 2.24) is 9.97 Å². The normalized spacial score (nSPS) is 11.3. The number of nitrogens with zero attached hydrogens (tertiary/aromatic N) is 2. The minimum atomic E-state index is -0.800. The number of rotatable bonds is 7. The number of carbonyl (C=O) groups is 2. The highest BCUT2D eigenvalue weighted by Gasteiger charge is 2.23. The summed E-state index contributed by atoms with van der Waals surface area (Å²) in [6.45, 7) is 8.82. The van der Waals surface area contributed by atoms with Crippen molar-refractivity contribution in [3.63, 3.8) is 0 Å². The second kappa shape index (κ2) is 10.7. The summed E-state index contributed by atoms with van der Waals surface area (Å²) in [7, 11) is 0. The van der Waals surface area contributed by atoms with E-state index < -0.39 is 23.2 Å². The van der Waals surface area contributed by atoms with Gasteiger partial charge in [0.25, 0.3) is 0 Å². The van der Waals surface area contributed by atoms with Gasteiger partial charge in [0.15, 0.2) is 5.82 Å². The first-order valence-electron chi connectivity index (χ1n) is 11.3. The Hall–Kier alpha value is -3.68. The standard InChI is InChI=1S/C27H28F2N2O4/c1-6-34-26(33)23-16(2)30-25(24-19(28)8-7-9-20(24)29)31-21(23)14-17-10-12-18(13-11-17)15-22(32)35-27(3,4)5/h7-13H,6,14-15H2,1-5H3. The lowest BCUT2D eigenvalue weighted by atomic mass is 10.0. The van der Waals surface area contributed by atoms with E-state index in [2.05, 4.69) is 9.97 Å². The molecule has 35 heavy (non-hydrogen) atoms. The van der Waals surface area contributed by atoms with Gasteiger partial charge in [-0.25, -0.2) is 23.5 Å². The van der Waals surface area contributed by atoms with E-state index >= 15 is 0 Å². The average molecular weight is 483 g/mol. The monoisotopic (exact) mass is 482 g/mol. The number of hydrogen-bond acceptors (Lipinski definition) is 6. The summed E-state index contributed by atoms with van der Waals surface area (Å²) in [5.41, 5.74) is 1.32. The Morgan fingerprint density at radius 2 is 1.54 bits per heavy atom. The van der Waals surface area contributed by atoms with Gasteiger partial charge < -0.3 is 9.47 Å². The van der Waals surface area contributed by atoms with Crippen LogP contribution in [-0.4, -0.2) is 34.1 Å². The Bertz CT molecular complexity index is 1210. The van der Waals surface area contributed by atoms with Crippen LogP contribution >= 0.6 is 0 Å². The van der Waals surface area contributed by atoms with E-state index in [1.807, 2.05) is 0 Å². The lowest BCUT2D eigenvalue weighted by Gasteiger charge is -2.19. The highest BCUT2D eigenvalue weighted by Crippen LogP contribution is 2.26. The first-order chi connectivity index (χ1) is 16.5. The fourth-order valence-electron chi connectivity index (χ4n) is 3.56. The Morgan fingerprint density at radius 1 is 0.943 bits per heavy atom. The second-order valence-electron chi connectivity index (χ2n) is 9.03. The molecule has 0 N–H and O–H groups in total. The van der Waals surface area contributed by atoms with Gasteiger partial charge >= 0.3 is 11.9 Å². The number of halogens is 2. The van der Waals surface area contributed by atoms with Gasteiger partial charge in [-0.1, -0.05) is 30.3 Å².